The lowest BCUT2D eigenvalue weighted by Gasteiger charge is -2.05. The number of nitrogens with one attached hydrogen (secondary N) is 1. The molecule has 0 aliphatic carbocycles. The van der Waals surface area contributed by atoms with Crippen LogP contribution in [-0.2, 0) is 0 Å². The number of pyridine rings is 1. The van der Waals surface area contributed by atoms with E-state index in [1.54, 1.807) is 0 Å². The van der Waals surface area contributed by atoms with Crippen LogP contribution in [0.2, 0.25) is 0 Å². The zero-order valence-corrected chi connectivity index (χ0v) is 12.5. The molecule has 1 N–H and O–H groups in total. The number of rotatable bonds is 3. The average molecular weight is 365 g/mol. The lowest BCUT2D eigenvalue weighted by molar-refractivity contribution is 1.09. The summed E-state index contributed by atoms with van der Waals surface area (Å²) >= 11 is 2.22. The third-order valence-electron chi connectivity index (χ3n) is 2.68. The maximum Gasteiger partial charge on any atom is 0.181 e. The van der Waals surface area contributed by atoms with E-state index in [1.807, 2.05) is 48.1 Å². The second-order valence-corrected chi connectivity index (χ2v) is 5.17. The second-order valence-electron chi connectivity index (χ2n) is 4.01. The first kappa shape index (κ1) is 12.3. The summed E-state index contributed by atoms with van der Waals surface area (Å²) in [5.41, 5.74) is 1.67. The molecule has 0 unspecified atom stereocenters. The fraction of sp³-hybridized carbons (Fsp3) is 0.154. The maximum absolute atomic E-state index is 4.52. The van der Waals surface area contributed by atoms with Crippen molar-refractivity contribution < 1.29 is 0 Å². The van der Waals surface area contributed by atoms with Crippen molar-refractivity contribution in [2.24, 2.45) is 0 Å². The van der Waals surface area contributed by atoms with Crippen molar-refractivity contribution in [2.45, 2.75) is 6.92 Å². The Balaban J connectivity index is 2.08. The van der Waals surface area contributed by atoms with Gasteiger partial charge in [-0.1, -0.05) is 6.07 Å². The minimum Gasteiger partial charge on any atom is -0.369 e. The Morgan fingerprint density at radius 1 is 1.32 bits per heavy atom. The van der Waals surface area contributed by atoms with Crippen LogP contribution in [0.5, 0.6) is 0 Å². The summed E-state index contributed by atoms with van der Waals surface area (Å²) < 4.78 is 2.97. The molecule has 3 aromatic heterocycles. The van der Waals surface area contributed by atoms with E-state index in [9.17, 15) is 0 Å². The van der Waals surface area contributed by atoms with Crippen LogP contribution in [0, 0.1) is 3.57 Å². The van der Waals surface area contributed by atoms with Crippen LogP contribution in [-0.4, -0.2) is 25.9 Å². The predicted octanol–water partition coefficient (Wildman–Crippen LogP) is 2.83. The van der Waals surface area contributed by atoms with Crippen molar-refractivity contribution in [3.05, 3.63) is 40.4 Å². The van der Waals surface area contributed by atoms with Gasteiger partial charge in [0.05, 0.1) is 3.57 Å². The third-order valence-corrected chi connectivity index (χ3v) is 3.47. The van der Waals surface area contributed by atoms with Crippen molar-refractivity contribution >= 4 is 34.1 Å². The molecular formula is C13H12IN5. The van der Waals surface area contributed by atoms with Crippen molar-refractivity contribution in [2.75, 3.05) is 11.9 Å². The van der Waals surface area contributed by atoms with Gasteiger partial charge in [0, 0.05) is 25.1 Å². The number of halogens is 1. The number of aromatic nitrogens is 4. The summed E-state index contributed by atoms with van der Waals surface area (Å²) in [6, 6.07) is 5.89. The highest BCUT2D eigenvalue weighted by Crippen LogP contribution is 2.20. The van der Waals surface area contributed by atoms with Gasteiger partial charge in [-0.25, -0.2) is 15.0 Å². The summed E-state index contributed by atoms with van der Waals surface area (Å²) in [5, 5.41) is 3.23. The molecular weight excluding hydrogens is 353 g/mol. The van der Waals surface area contributed by atoms with Gasteiger partial charge in [-0.3, -0.25) is 0 Å². The van der Waals surface area contributed by atoms with Gasteiger partial charge in [-0.15, -0.1) is 0 Å². The van der Waals surface area contributed by atoms with Crippen LogP contribution in [0.15, 0.2) is 36.8 Å². The molecule has 0 saturated heterocycles. The summed E-state index contributed by atoms with van der Waals surface area (Å²) in [7, 11) is 0. The predicted molar refractivity (Wildman–Crippen MR) is 83.1 cm³/mol. The normalized spacial score (nSPS) is 10.8. The Morgan fingerprint density at radius 3 is 3.00 bits per heavy atom. The average Bonchev–Trinajstić information content (AvgIpc) is 2.85. The van der Waals surface area contributed by atoms with Gasteiger partial charge < -0.3 is 9.72 Å². The lowest BCUT2D eigenvalue weighted by atomic mass is 10.4. The molecule has 0 fully saturated rings. The number of fused-ring (bicyclic) bond motifs is 1. The molecule has 0 aliphatic rings. The number of anilines is 1. The van der Waals surface area contributed by atoms with E-state index in [0.717, 1.165) is 27.3 Å². The molecule has 3 heterocycles. The molecule has 6 heteroatoms. The zero-order chi connectivity index (χ0) is 13.2. The highest BCUT2D eigenvalue weighted by Gasteiger charge is 2.09. The quantitative estimate of drug-likeness (QED) is 0.726. The Hall–Kier alpha value is -1.70. The first-order valence-electron chi connectivity index (χ1n) is 5.98. The van der Waals surface area contributed by atoms with E-state index in [1.165, 1.54) is 0 Å². The van der Waals surface area contributed by atoms with Gasteiger partial charge in [0.25, 0.3) is 0 Å². The van der Waals surface area contributed by atoms with Gasteiger partial charge in [0.1, 0.15) is 17.2 Å². The third kappa shape index (κ3) is 2.40. The Kier molecular flexibility index (Phi) is 3.33. The molecule has 3 aromatic rings. The standard InChI is InChI=1S/C13H12IN5/c1-2-15-12-9(14)7-16-13(18-12)10-8-19-6-4-3-5-11(19)17-10/h3-8H,2H2,1H3,(H,15,16,18). The second kappa shape index (κ2) is 5.12. The molecule has 0 atom stereocenters. The molecule has 0 amide bonds. The molecule has 5 nitrogen and oxygen atoms in total. The monoisotopic (exact) mass is 365 g/mol. The van der Waals surface area contributed by atoms with Crippen LogP contribution in [0.1, 0.15) is 6.92 Å². The van der Waals surface area contributed by atoms with Crippen LogP contribution < -0.4 is 5.32 Å². The van der Waals surface area contributed by atoms with E-state index in [4.69, 9.17) is 0 Å². The summed E-state index contributed by atoms with van der Waals surface area (Å²) in [5.74, 6) is 1.49. The van der Waals surface area contributed by atoms with Gasteiger partial charge in [0.2, 0.25) is 0 Å². The number of hydrogen-bond donors (Lipinski definition) is 1. The molecule has 0 saturated carbocycles. The maximum atomic E-state index is 4.52. The molecule has 0 aliphatic heterocycles. The van der Waals surface area contributed by atoms with E-state index in [2.05, 4.69) is 42.9 Å². The van der Waals surface area contributed by atoms with Crippen LogP contribution in [0.4, 0.5) is 5.82 Å². The summed E-state index contributed by atoms with van der Waals surface area (Å²) in [6.07, 6.45) is 5.71. The van der Waals surface area contributed by atoms with Crippen LogP contribution in [0.3, 0.4) is 0 Å². The largest absolute Gasteiger partial charge is 0.369 e. The minimum absolute atomic E-state index is 0.639. The first-order valence-corrected chi connectivity index (χ1v) is 7.06. The topological polar surface area (TPSA) is 55.1 Å². The van der Waals surface area contributed by atoms with Crippen LogP contribution >= 0.6 is 22.6 Å². The molecule has 96 valence electrons. The molecule has 0 aromatic carbocycles. The lowest BCUT2D eigenvalue weighted by Crippen LogP contribution is -2.03. The summed E-state index contributed by atoms with van der Waals surface area (Å²) in [6.45, 7) is 2.88. The van der Waals surface area contributed by atoms with Crippen molar-refractivity contribution in [3.63, 3.8) is 0 Å². The van der Waals surface area contributed by atoms with Gasteiger partial charge >= 0.3 is 0 Å². The van der Waals surface area contributed by atoms with E-state index in [-0.39, 0.29) is 0 Å². The van der Waals surface area contributed by atoms with Crippen molar-refractivity contribution in [1.29, 1.82) is 0 Å². The number of imidazole rings is 1. The van der Waals surface area contributed by atoms with E-state index < -0.39 is 0 Å². The van der Waals surface area contributed by atoms with Crippen LogP contribution in [0.25, 0.3) is 17.2 Å². The molecule has 19 heavy (non-hydrogen) atoms. The van der Waals surface area contributed by atoms with E-state index in [0.29, 0.717) is 5.82 Å². The van der Waals surface area contributed by atoms with Gasteiger partial charge in [-0.2, -0.15) is 0 Å². The highest BCUT2D eigenvalue weighted by atomic mass is 127. The minimum atomic E-state index is 0.639. The Labute approximate surface area is 124 Å². The highest BCUT2D eigenvalue weighted by molar-refractivity contribution is 14.1. The van der Waals surface area contributed by atoms with Gasteiger partial charge in [-0.05, 0) is 41.6 Å². The SMILES string of the molecule is CCNc1nc(-c2cn3ccccc3n2)ncc1I. The van der Waals surface area contributed by atoms with Crippen molar-refractivity contribution in [3.8, 4) is 11.5 Å². The first-order chi connectivity index (χ1) is 9.28. The Bertz CT molecular complexity index is 689. The van der Waals surface area contributed by atoms with E-state index >= 15 is 0 Å². The fourth-order valence-electron chi connectivity index (χ4n) is 1.82. The van der Waals surface area contributed by atoms with Crippen molar-refractivity contribution in [1.82, 2.24) is 19.4 Å². The number of nitrogens with zero attached hydrogens (tertiary/aromatic N) is 4. The number of hydrogen-bond acceptors (Lipinski definition) is 4. The fourth-order valence-corrected chi connectivity index (χ4v) is 2.27. The zero-order valence-electron chi connectivity index (χ0n) is 10.3. The van der Waals surface area contributed by atoms with Gasteiger partial charge in [0.15, 0.2) is 5.82 Å². The smallest absolute Gasteiger partial charge is 0.181 e. The Morgan fingerprint density at radius 2 is 2.21 bits per heavy atom. The molecule has 0 radical (unpaired) electrons. The molecule has 3 rings (SSSR count). The molecule has 0 bridgehead atoms. The molecule has 0 spiro atoms. The summed E-state index contributed by atoms with van der Waals surface area (Å²) in [4.78, 5) is 13.4.